The molecule has 0 atom stereocenters. The van der Waals surface area contributed by atoms with Gasteiger partial charge in [0.25, 0.3) is 0 Å². The van der Waals surface area contributed by atoms with Gasteiger partial charge in [-0.1, -0.05) is 29.8 Å². The average Bonchev–Trinajstić information content (AvgIpc) is 2.65. The minimum absolute atomic E-state index is 1.09. The third kappa shape index (κ3) is 3.37. The lowest BCUT2D eigenvalue weighted by Crippen LogP contribution is -1.83. The quantitative estimate of drug-likeness (QED) is 0.742. The summed E-state index contributed by atoms with van der Waals surface area (Å²) in [5, 5.41) is 2.13. The molecule has 2 aromatic rings. The number of halogens is 1. The van der Waals surface area contributed by atoms with Crippen LogP contribution < -0.4 is 0 Å². The summed E-state index contributed by atoms with van der Waals surface area (Å²) in [6.07, 6.45) is 0. The van der Waals surface area contributed by atoms with E-state index in [1.807, 2.05) is 23.1 Å². The molecule has 0 fully saturated rings. The van der Waals surface area contributed by atoms with E-state index >= 15 is 0 Å². The summed E-state index contributed by atoms with van der Waals surface area (Å²) in [5.41, 5.74) is 2.76. The molecule has 1 aromatic heterocycles. The maximum atomic E-state index is 3.56. The Labute approximate surface area is 113 Å². The van der Waals surface area contributed by atoms with Crippen LogP contribution in [0.3, 0.4) is 0 Å². The van der Waals surface area contributed by atoms with Gasteiger partial charge in [-0.2, -0.15) is 11.8 Å². The largest absolute Gasteiger partial charge is 0.152 e. The maximum Gasteiger partial charge on any atom is 0.0322 e. The summed E-state index contributed by atoms with van der Waals surface area (Å²) in [7, 11) is 0. The van der Waals surface area contributed by atoms with E-state index < -0.39 is 0 Å². The number of aryl methyl sites for hydroxylation is 1. The molecule has 0 aliphatic rings. The van der Waals surface area contributed by atoms with Crippen LogP contribution in [0.5, 0.6) is 0 Å². The molecular formula is C13H13BrS2. The molecular weight excluding hydrogens is 300 g/mol. The Kier molecular flexibility index (Phi) is 4.50. The Bertz CT molecular complexity index is 462. The molecule has 0 saturated heterocycles. The van der Waals surface area contributed by atoms with Crippen molar-refractivity contribution < 1.29 is 0 Å². The van der Waals surface area contributed by atoms with Crippen LogP contribution in [0.25, 0.3) is 0 Å². The fourth-order valence-electron chi connectivity index (χ4n) is 1.49. The fraction of sp³-hybridized carbons (Fsp3) is 0.231. The normalized spacial score (nSPS) is 10.6. The zero-order valence-corrected chi connectivity index (χ0v) is 12.3. The second-order valence-corrected chi connectivity index (χ2v) is 6.51. The van der Waals surface area contributed by atoms with E-state index in [9.17, 15) is 0 Å². The van der Waals surface area contributed by atoms with E-state index in [4.69, 9.17) is 0 Å². The Morgan fingerprint density at radius 1 is 1.25 bits per heavy atom. The first kappa shape index (κ1) is 12.2. The lowest BCUT2D eigenvalue weighted by Gasteiger charge is -2.02. The van der Waals surface area contributed by atoms with Crippen LogP contribution in [-0.4, -0.2) is 0 Å². The summed E-state index contributed by atoms with van der Waals surface area (Å²) < 4.78 is 1.24. The molecule has 0 radical (unpaired) electrons. The molecule has 3 heteroatoms. The van der Waals surface area contributed by atoms with Crippen LogP contribution in [0, 0.1) is 6.92 Å². The lowest BCUT2D eigenvalue weighted by molar-refractivity contribution is 1.34. The van der Waals surface area contributed by atoms with Crippen LogP contribution in [0.4, 0.5) is 0 Å². The first-order valence-electron chi connectivity index (χ1n) is 5.11. The molecule has 1 heterocycles. The summed E-state index contributed by atoms with van der Waals surface area (Å²) >= 11 is 7.35. The molecule has 0 amide bonds. The summed E-state index contributed by atoms with van der Waals surface area (Å²) in [5.74, 6) is 2.18. The van der Waals surface area contributed by atoms with Crippen LogP contribution in [0.15, 0.2) is 40.2 Å². The van der Waals surface area contributed by atoms with Crippen molar-refractivity contribution >= 4 is 39.0 Å². The topological polar surface area (TPSA) is 0 Å². The Hall–Kier alpha value is -0.250. The minimum Gasteiger partial charge on any atom is -0.152 e. The zero-order chi connectivity index (χ0) is 11.4. The van der Waals surface area contributed by atoms with E-state index in [0.29, 0.717) is 0 Å². The SMILES string of the molecule is Cc1cccc(CSCc2sccc2Br)c1. The van der Waals surface area contributed by atoms with Gasteiger partial charge in [0, 0.05) is 20.9 Å². The zero-order valence-electron chi connectivity index (χ0n) is 9.07. The van der Waals surface area contributed by atoms with E-state index in [1.165, 1.54) is 20.5 Å². The highest BCUT2D eigenvalue weighted by molar-refractivity contribution is 9.10. The monoisotopic (exact) mass is 312 g/mol. The Balaban J connectivity index is 1.87. The molecule has 16 heavy (non-hydrogen) atoms. The molecule has 0 unspecified atom stereocenters. The smallest absolute Gasteiger partial charge is 0.0322 e. The third-order valence-corrected chi connectivity index (χ3v) is 5.41. The van der Waals surface area contributed by atoms with Gasteiger partial charge in [-0.15, -0.1) is 11.3 Å². The summed E-state index contributed by atoms with van der Waals surface area (Å²) in [4.78, 5) is 1.43. The van der Waals surface area contributed by atoms with Crippen molar-refractivity contribution in [1.29, 1.82) is 0 Å². The van der Waals surface area contributed by atoms with Crippen LogP contribution in [0.1, 0.15) is 16.0 Å². The van der Waals surface area contributed by atoms with Gasteiger partial charge in [-0.05, 0) is 39.9 Å². The number of rotatable bonds is 4. The molecule has 0 bridgehead atoms. The minimum atomic E-state index is 1.09. The van der Waals surface area contributed by atoms with Crippen molar-refractivity contribution in [1.82, 2.24) is 0 Å². The Morgan fingerprint density at radius 2 is 2.12 bits per heavy atom. The first-order chi connectivity index (χ1) is 7.75. The average molecular weight is 313 g/mol. The molecule has 0 nitrogen and oxygen atoms in total. The molecule has 0 aliphatic carbocycles. The van der Waals surface area contributed by atoms with Gasteiger partial charge in [0.15, 0.2) is 0 Å². The Morgan fingerprint density at radius 3 is 2.81 bits per heavy atom. The van der Waals surface area contributed by atoms with E-state index in [0.717, 1.165) is 11.5 Å². The molecule has 2 rings (SSSR count). The molecule has 0 N–H and O–H groups in total. The van der Waals surface area contributed by atoms with Gasteiger partial charge in [-0.3, -0.25) is 0 Å². The number of hydrogen-bond donors (Lipinski definition) is 0. The van der Waals surface area contributed by atoms with Gasteiger partial charge >= 0.3 is 0 Å². The van der Waals surface area contributed by atoms with Crippen molar-refractivity contribution in [2.45, 2.75) is 18.4 Å². The van der Waals surface area contributed by atoms with Gasteiger partial charge < -0.3 is 0 Å². The van der Waals surface area contributed by atoms with Crippen molar-refractivity contribution in [3.63, 3.8) is 0 Å². The van der Waals surface area contributed by atoms with Crippen molar-refractivity contribution in [3.8, 4) is 0 Å². The molecule has 0 spiro atoms. The summed E-state index contributed by atoms with van der Waals surface area (Å²) in [6.45, 7) is 2.14. The number of hydrogen-bond acceptors (Lipinski definition) is 2. The third-order valence-electron chi connectivity index (χ3n) is 2.28. The van der Waals surface area contributed by atoms with Gasteiger partial charge in [0.1, 0.15) is 0 Å². The van der Waals surface area contributed by atoms with Crippen molar-refractivity contribution in [2.75, 3.05) is 0 Å². The van der Waals surface area contributed by atoms with E-state index in [1.54, 1.807) is 0 Å². The highest BCUT2D eigenvalue weighted by Gasteiger charge is 2.01. The number of thiophene rings is 1. The van der Waals surface area contributed by atoms with Crippen LogP contribution >= 0.6 is 39.0 Å². The highest BCUT2D eigenvalue weighted by atomic mass is 79.9. The number of benzene rings is 1. The van der Waals surface area contributed by atoms with Gasteiger partial charge in [0.2, 0.25) is 0 Å². The summed E-state index contributed by atoms with van der Waals surface area (Å²) in [6, 6.07) is 10.9. The molecule has 84 valence electrons. The van der Waals surface area contributed by atoms with Crippen LogP contribution in [-0.2, 0) is 11.5 Å². The van der Waals surface area contributed by atoms with E-state index in [-0.39, 0.29) is 0 Å². The second-order valence-electron chi connectivity index (χ2n) is 3.67. The van der Waals surface area contributed by atoms with Crippen molar-refractivity contribution in [3.05, 3.63) is 56.2 Å². The molecule has 1 aromatic carbocycles. The van der Waals surface area contributed by atoms with Crippen molar-refractivity contribution in [2.24, 2.45) is 0 Å². The maximum absolute atomic E-state index is 3.56. The predicted molar refractivity (Wildman–Crippen MR) is 78.2 cm³/mol. The van der Waals surface area contributed by atoms with Gasteiger partial charge in [0.05, 0.1) is 0 Å². The number of thioether (sulfide) groups is 1. The standard InChI is InChI=1S/C13H13BrS2/c1-10-3-2-4-11(7-10)8-15-9-13-12(14)5-6-16-13/h2-7H,8-9H2,1H3. The van der Waals surface area contributed by atoms with Crippen LogP contribution in [0.2, 0.25) is 0 Å². The molecule has 0 saturated carbocycles. The first-order valence-corrected chi connectivity index (χ1v) is 7.93. The molecule has 0 aliphatic heterocycles. The predicted octanol–water partition coefficient (Wildman–Crippen LogP) is 5.25. The second kappa shape index (κ2) is 5.89. The van der Waals surface area contributed by atoms with E-state index in [2.05, 4.69) is 58.6 Å². The van der Waals surface area contributed by atoms with Gasteiger partial charge in [-0.25, -0.2) is 0 Å². The highest BCUT2D eigenvalue weighted by Crippen LogP contribution is 2.28. The lowest BCUT2D eigenvalue weighted by atomic mass is 10.2. The fourth-order valence-corrected chi connectivity index (χ4v) is 4.33.